The highest BCUT2D eigenvalue weighted by molar-refractivity contribution is 5.93. The molecule has 3 atom stereocenters. The van der Waals surface area contributed by atoms with Crippen LogP contribution in [0.1, 0.15) is 16.1 Å². The van der Waals surface area contributed by atoms with Crippen LogP contribution < -0.4 is 5.32 Å². The molecule has 2 aromatic heterocycles. The van der Waals surface area contributed by atoms with Crippen LogP contribution in [0.5, 0.6) is 0 Å². The van der Waals surface area contributed by atoms with Crippen LogP contribution in [0.3, 0.4) is 0 Å². The van der Waals surface area contributed by atoms with Gasteiger partial charge in [0, 0.05) is 56.6 Å². The van der Waals surface area contributed by atoms with E-state index in [0.29, 0.717) is 17.3 Å². The second kappa shape index (κ2) is 6.37. The molecule has 148 valence electrons. The van der Waals surface area contributed by atoms with Gasteiger partial charge in [-0.3, -0.25) is 4.79 Å². The van der Waals surface area contributed by atoms with Gasteiger partial charge in [0.25, 0.3) is 5.91 Å². The molecule has 1 N–H and O–H groups in total. The lowest BCUT2D eigenvalue weighted by Gasteiger charge is -2.55. The highest BCUT2D eigenvalue weighted by Crippen LogP contribution is 2.43. The first-order valence-corrected chi connectivity index (χ1v) is 10.3. The predicted octanol–water partition coefficient (Wildman–Crippen LogP) is 1.03. The average Bonchev–Trinajstić information content (AvgIpc) is 3.09. The minimum absolute atomic E-state index is 0.0717. The van der Waals surface area contributed by atoms with E-state index in [2.05, 4.69) is 55.5 Å². The van der Waals surface area contributed by atoms with Crippen LogP contribution in [0, 0.1) is 5.92 Å². The van der Waals surface area contributed by atoms with Gasteiger partial charge in [0.1, 0.15) is 12.0 Å². The molecule has 7 nitrogen and oxygen atoms in total. The molecule has 0 spiro atoms. The normalized spacial score (nSPS) is 33.0. The van der Waals surface area contributed by atoms with Crippen molar-refractivity contribution in [2.75, 3.05) is 39.3 Å². The molecular formula is C22H24N6O. The molecule has 4 saturated heterocycles. The fourth-order valence-corrected chi connectivity index (χ4v) is 5.80. The predicted molar refractivity (Wildman–Crippen MR) is 109 cm³/mol. The second-order valence-electron chi connectivity index (χ2n) is 8.64. The summed E-state index contributed by atoms with van der Waals surface area (Å²) in [6, 6.07) is 16.4. The molecule has 29 heavy (non-hydrogen) atoms. The van der Waals surface area contributed by atoms with Crippen LogP contribution in [0.4, 0.5) is 0 Å². The first kappa shape index (κ1) is 17.1. The number of amides is 1. The van der Waals surface area contributed by atoms with E-state index >= 15 is 0 Å². The summed E-state index contributed by atoms with van der Waals surface area (Å²) in [6.45, 7) is 6.30. The Kier molecular flexibility index (Phi) is 3.76. The van der Waals surface area contributed by atoms with E-state index in [4.69, 9.17) is 0 Å². The van der Waals surface area contributed by atoms with E-state index in [1.54, 1.807) is 4.52 Å². The second-order valence-corrected chi connectivity index (χ2v) is 8.64. The van der Waals surface area contributed by atoms with Gasteiger partial charge in [0.15, 0.2) is 5.65 Å². The number of hydrogen-bond acceptors (Lipinski definition) is 5. The molecule has 3 aromatic rings. The number of carbonyl (C=O) groups excluding carboxylic acids is 1. The monoisotopic (exact) mass is 388 g/mol. The molecule has 0 aliphatic carbocycles. The topological polar surface area (TPSA) is 65.8 Å². The summed E-state index contributed by atoms with van der Waals surface area (Å²) in [5, 5.41) is 7.69. The molecule has 1 amide bonds. The lowest BCUT2D eigenvalue weighted by molar-refractivity contribution is 0.0179. The molecule has 1 aromatic carbocycles. The smallest absolute Gasteiger partial charge is 0.270 e. The zero-order valence-electron chi connectivity index (χ0n) is 16.2. The maximum Gasteiger partial charge on any atom is 0.270 e. The third-order valence-electron chi connectivity index (χ3n) is 6.97. The molecule has 4 fully saturated rings. The first-order valence-electron chi connectivity index (χ1n) is 10.3. The Hall–Kier alpha value is -2.77. The minimum atomic E-state index is -0.0924. The summed E-state index contributed by atoms with van der Waals surface area (Å²) in [4.78, 5) is 22.8. The van der Waals surface area contributed by atoms with Crippen LogP contribution >= 0.6 is 0 Å². The third-order valence-corrected chi connectivity index (χ3v) is 6.97. The van der Waals surface area contributed by atoms with Gasteiger partial charge < -0.3 is 15.1 Å². The number of piperidine rings is 2. The van der Waals surface area contributed by atoms with Gasteiger partial charge in [-0.15, -0.1) is 0 Å². The number of rotatable bonds is 3. The van der Waals surface area contributed by atoms with Crippen molar-refractivity contribution < 1.29 is 4.79 Å². The Morgan fingerprint density at radius 1 is 1.00 bits per heavy atom. The van der Waals surface area contributed by atoms with Crippen molar-refractivity contribution in [3.63, 3.8) is 0 Å². The molecule has 7 rings (SSSR count). The fourth-order valence-electron chi connectivity index (χ4n) is 5.80. The number of nitrogens with one attached hydrogen (secondary N) is 1. The molecule has 6 heterocycles. The van der Waals surface area contributed by atoms with Crippen molar-refractivity contribution in [2.45, 2.75) is 11.5 Å². The summed E-state index contributed by atoms with van der Waals surface area (Å²) < 4.78 is 1.62. The molecule has 7 heteroatoms. The zero-order chi connectivity index (χ0) is 19.4. The minimum Gasteiger partial charge on any atom is -0.347 e. The van der Waals surface area contributed by atoms with E-state index in [-0.39, 0.29) is 17.4 Å². The quantitative estimate of drug-likeness (QED) is 0.726. The van der Waals surface area contributed by atoms with Gasteiger partial charge in [-0.2, -0.15) is 5.10 Å². The molecule has 3 unspecified atom stereocenters. The van der Waals surface area contributed by atoms with Gasteiger partial charge >= 0.3 is 0 Å². The lowest BCUT2D eigenvalue weighted by atomic mass is 9.64. The lowest BCUT2D eigenvalue weighted by Crippen LogP contribution is -2.70. The highest BCUT2D eigenvalue weighted by Gasteiger charge is 2.55. The van der Waals surface area contributed by atoms with E-state index in [0.717, 1.165) is 39.3 Å². The molecule has 4 bridgehead atoms. The van der Waals surface area contributed by atoms with E-state index < -0.39 is 0 Å². The summed E-state index contributed by atoms with van der Waals surface area (Å²) in [5.41, 5.74) is 2.46. The number of hydrogen-bond donors (Lipinski definition) is 1. The van der Waals surface area contributed by atoms with E-state index in [1.165, 1.54) is 11.9 Å². The van der Waals surface area contributed by atoms with Gasteiger partial charge in [0.05, 0.1) is 0 Å². The summed E-state index contributed by atoms with van der Waals surface area (Å²) in [6.07, 6.45) is 1.49. The number of nitrogens with zero attached hydrogens (tertiary/aromatic N) is 5. The Morgan fingerprint density at radius 3 is 2.52 bits per heavy atom. The maximum absolute atomic E-state index is 13.4. The van der Waals surface area contributed by atoms with Gasteiger partial charge in [0.2, 0.25) is 0 Å². The Balaban J connectivity index is 1.41. The number of aromatic nitrogens is 3. The van der Waals surface area contributed by atoms with Crippen LogP contribution in [-0.2, 0) is 5.41 Å². The number of benzene rings is 1. The number of fused-ring (bicyclic) bond motifs is 2. The molecule has 4 aliphatic heterocycles. The Labute approximate surface area is 169 Å². The van der Waals surface area contributed by atoms with Crippen molar-refractivity contribution >= 4 is 11.6 Å². The third kappa shape index (κ3) is 2.61. The Bertz CT molecular complexity index is 1050. The SMILES string of the molecule is O=C(NC1C2CN3CCN(C2)CC1(c1ccccc1)C3)c1cccc2ncnn12. The van der Waals surface area contributed by atoms with Crippen molar-refractivity contribution in [3.05, 3.63) is 66.1 Å². The van der Waals surface area contributed by atoms with Crippen molar-refractivity contribution in [3.8, 4) is 0 Å². The maximum atomic E-state index is 13.4. The van der Waals surface area contributed by atoms with Crippen LogP contribution in [0.25, 0.3) is 5.65 Å². The van der Waals surface area contributed by atoms with E-state index in [1.807, 2.05) is 18.2 Å². The van der Waals surface area contributed by atoms with Crippen molar-refractivity contribution in [2.24, 2.45) is 5.92 Å². The molecule has 0 radical (unpaired) electrons. The zero-order valence-corrected chi connectivity index (χ0v) is 16.2. The van der Waals surface area contributed by atoms with Crippen molar-refractivity contribution in [1.29, 1.82) is 0 Å². The molecule has 4 aliphatic rings. The van der Waals surface area contributed by atoms with Gasteiger partial charge in [-0.1, -0.05) is 36.4 Å². The number of pyridine rings is 1. The van der Waals surface area contributed by atoms with E-state index in [9.17, 15) is 4.79 Å². The number of carbonyl (C=O) groups is 1. The molecule has 0 saturated carbocycles. The summed E-state index contributed by atoms with van der Waals surface area (Å²) >= 11 is 0. The van der Waals surface area contributed by atoms with Crippen LogP contribution in [0.2, 0.25) is 0 Å². The van der Waals surface area contributed by atoms with Crippen molar-refractivity contribution in [1.82, 2.24) is 29.7 Å². The van der Waals surface area contributed by atoms with Crippen LogP contribution in [-0.4, -0.2) is 75.6 Å². The average molecular weight is 388 g/mol. The standard InChI is InChI=1S/C22H24N6O/c29-21(18-7-4-8-19-23-15-24-28(18)19)25-20-16-11-26-9-10-27(12-16)14-22(20,13-26)17-5-2-1-3-6-17/h1-8,15-16,20H,9-14H2,(H,25,29). The van der Waals surface area contributed by atoms with Crippen LogP contribution in [0.15, 0.2) is 54.9 Å². The Morgan fingerprint density at radius 2 is 1.76 bits per heavy atom. The summed E-state index contributed by atoms with van der Waals surface area (Å²) in [7, 11) is 0. The van der Waals surface area contributed by atoms with Gasteiger partial charge in [-0.25, -0.2) is 9.50 Å². The fraction of sp³-hybridized carbons (Fsp3) is 0.409. The molecular weight excluding hydrogens is 364 g/mol. The van der Waals surface area contributed by atoms with Gasteiger partial charge in [-0.05, 0) is 17.7 Å². The largest absolute Gasteiger partial charge is 0.347 e. The highest BCUT2D eigenvalue weighted by atomic mass is 16.2. The first-order chi connectivity index (χ1) is 14.2. The summed E-state index contributed by atoms with van der Waals surface area (Å²) in [5.74, 6) is 0.344.